The Kier molecular flexibility index (Phi) is 4.47. The molecule has 0 saturated carbocycles. The first-order chi connectivity index (χ1) is 11.6. The molecule has 122 valence electrons. The molecular weight excluding hydrogens is 305 g/mol. The van der Waals surface area contributed by atoms with E-state index in [9.17, 15) is 9.18 Å². The summed E-state index contributed by atoms with van der Waals surface area (Å²) in [6.07, 6.45) is 0. The van der Waals surface area contributed by atoms with Crippen LogP contribution in [-0.4, -0.2) is 13.0 Å². The van der Waals surface area contributed by atoms with Crippen molar-refractivity contribution in [1.29, 1.82) is 0 Å². The molecule has 0 heterocycles. The van der Waals surface area contributed by atoms with E-state index in [4.69, 9.17) is 4.74 Å². The molecule has 1 atom stereocenters. The van der Waals surface area contributed by atoms with E-state index in [1.807, 2.05) is 31.2 Å². The highest BCUT2D eigenvalue weighted by Gasteiger charge is 2.15. The molecule has 3 nitrogen and oxygen atoms in total. The maximum absolute atomic E-state index is 13.0. The van der Waals surface area contributed by atoms with Crippen molar-refractivity contribution in [3.05, 3.63) is 77.6 Å². The van der Waals surface area contributed by atoms with Gasteiger partial charge in [-0.15, -0.1) is 0 Å². The van der Waals surface area contributed by atoms with Crippen LogP contribution in [-0.2, 0) is 0 Å². The van der Waals surface area contributed by atoms with Gasteiger partial charge in [0.1, 0.15) is 11.6 Å². The number of ether oxygens (including phenoxy) is 1. The molecule has 0 aliphatic heterocycles. The van der Waals surface area contributed by atoms with Gasteiger partial charge in [0.15, 0.2) is 0 Å². The summed E-state index contributed by atoms with van der Waals surface area (Å²) in [4.78, 5) is 12.7. The van der Waals surface area contributed by atoms with Crippen LogP contribution in [0.25, 0.3) is 10.8 Å². The van der Waals surface area contributed by atoms with Gasteiger partial charge in [-0.05, 0) is 42.1 Å². The molecule has 0 bridgehead atoms. The summed E-state index contributed by atoms with van der Waals surface area (Å²) in [6, 6.07) is 17.1. The first-order valence-corrected chi connectivity index (χ1v) is 7.72. The minimum Gasteiger partial charge on any atom is -0.496 e. The van der Waals surface area contributed by atoms with Gasteiger partial charge >= 0.3 is 0 Å². The zero-order valence-electron chi connectivity index (χ0n) is 13.5. The Morgan fingerprint density at radius 2 is 1.67 bits per heavy atom. The number of methoxy groups -OCH3 is 1. The Labute approximate surface area is 140 Å². The van der Waals surface area contributed by atoms with Crippen molar-refractivity contribution in [3.63, 3.8) is 0 Å². The second-order valence-corrected chi connectivity index (χ2v) is 5.61. The molecule has 0 spiro atoms. The number of halogens is 1. The van der Waals surface area contributed by atoms with Gasteiger partial charge in [-0.3, -0.25) is 4.79 Å². The standard InChI is InChI=1S/C20H18FNO2/c1-13(14-7-9-15(21)10-8-14)22-20(23)18-11-12-19(24-2)17-6-4-3-5-16(17)18/h3-13H,1-2H3,(H,22,23). The number of benzene rings is 3. The van der Waals surface area contributed by atoms with Gasteiger partial charge in [0.2, 0.25) is 0 Å². The first-order valence-electron chi connectivity index (χ1n) is 7.72. The third-order valence-electron chi connectivity index (χ3n) is 4.07. The van der Waals surface area contributed by atoms with Gasteiger partial charge < -0.3 is 10.1 Å². The normalized spacial score (nSPS) is 12.0. The number of nitrogens with one attached hydrogen (secondary N) is 1. The van der Waals surface area contributed by atoms with E-state index in [1.165, 1.54) is 12.1 Å². The minimum absolute atomic E-state index is 0.175. The van der Waals surface area contributed by atoms with Crippen molar-refractivity contribution in [2.24, 2.45) is 0 Å². The summed E-state index contributed by atoms with van der Waals surface area (Å²) in [6.45, 7) is 1.87. The van der Waals surface area contributed by atoms with Crippen LogP contribution in [0.5, 0.6) is 5.75 Å². The van der Waals surface area contributed by atoms with Gasteiger partial charge in [-0.2, -0.15) is 0 Å². The second-order valence-electron chi connectivity index (χ2n) is 5.61. The molecule has 4 heteroatoms. The van der Waals surface area contributed by atoms with Crippen LogP contribution in [0.3, 0.4) is 0 Å². The zero-order chi connectivity index (χ0) is 17.1. The minimum atomic E-state index is -0.293. The molecule has 0 saturated heterocycles. The SMILES string of the molecule is COc1ccc(C(=O)NC(C)c2ccc(F)cc2)c2ccccc12. The Hall–Kier alpha value is -2.88. The molecule has 24 heavy (non-hydrogen) atoms. The fourth-order valence-corrected chi connectivity index (χ4v) is 2.76. The molecule has 0 fully saturated rings. The lowest BCUT2D eigenvalue weighted by atomic mass is 10.0. The molecular formula is C20H18FNO2. The predicted octanol–water partition coefficient (Wildman–Crippen LogP) is 4.48. The third kappa shape index (κ3) is 3.08. The summed E-state index contributed by atoms with van der Waals surface area (Å²) in [5, 5.41) is 4.68. The van der Waals surface area contributed by atoms with Crippen LogP contribution in [0.4, 0.5) is 4.39 Å². The molecule has 3 aromatic carbocycles. The van der Waals surface area contributed by atoms with E-state index in [-0.39, 0.29) is 17.8 Å². The van der Waals surface area contributed by atoms with Crippen molar-refractivity contribution in [2.75, 3.05) is 7.11 Å². The van der Waals surface area contributed by atoms with Crippen molar-refractivity contribution in [2.45, 2.75) is 13.0 Å². The van der Waals surface area contributed by atoms with Crippen molar-refractivity contribution in [1.82, 2.24) is 5.32 Å². The van der Waals surface area contributed by atoms with Crippen LogP contribution in [0.2, 0.25) is 0 Å². The second kappa shape index (κ2) is 6.71. The number of fused-ring (bicyclic) bond motifs is 1. The fraction of sp³-hybridized carbons (Fsp3) is 0.150. The first kappa shape index (κ1) is 16.0. The maximum atomic E-state index is 13.0. The molecule has 0 aliphatic rings. The van der Waals surface area contributed by atoms with Crippen LogP contribution in [0.15, 0.2) is 60.7 Å². The number of amides is 1. The Balaban J connectivity index is 1.90. The average molecular weight is 323 g/mol. The maximum Gasteiger partial charge on any atom is 0.252 e. The molecule has 1 amide bonds. The summed E-state index contributed by atoms with van der Waals surface area (Å²) < 4.78 is 18.4. The lowest BCUT2D eigenvalue weighted by Crippen LogP contribution is -2.26. The Morgan fingerprint density at radius 1 is 1.00 bits per heavy atom. The molecule has 1 N–H and O–H groups in total. The number of hydrogen-bond acceptors (Lipinski definition) is 2. The van der Waals surface area contributed by atoms with Gasteiger partial charge in [-0.25, -0.2) is 4.39 Å². The molecule has 3 rings (SSSR count). The van der Waals surface area contributed by atoms with E-state index in [0.29, 0.717) is 5.56 Å². The van der Waals surface area contributed by atoms with E-state index in [0.717, 1.165) is 22.1 Å². The van der Waals surface area contributed by atoms with E-state index in [2.05, 4.69) is 5.32 Å². The van der Waals surface area contributed by atoms with Gasteiger partial charge in [-0.1, -0.05) is 36.4 Å². The quantitative estimate of drug-likeness (QED) is 0.769. The van der Waals surface area contributed by atoms with E-state index < -0.39 is 0 Å². The highest BCUT2D eigenvalue weighted by Crippen LogP contribution is 2.28. The number of rotatable bonds is 4. The number of hydrogen-bond donors (Lipinski definition) is 1. The average Bonchev–Trinajstić information content (AvgIpc) is 2.61. The Morgan fingerprint density at radius 3 is 2.33 bits per heavy atom. The summed E-state index contributed by atoms with van der Waals surface area (Å²) >= 11 is 0. The molecule has 0 aliphatic carbocycles. The highest BCUT2D eigenvalue weighted by atomic mass is 19.1. The molecule has 1 unspecified atom stereocenters. The zero-order valence-corrected chi connectivity index (χ0v) is 13.5. The summed E-state index contributed by atoms with van der Waals surface area (Å²) in [7, 11) is 1.61. The van der Waals surface area contributed by atoms with Gasteiger partial charge in [0.05, 0.1) is 13.2 Å². The van der Waals surface area contributed by atoms with Crippen molar-refractivity contribution >= 4 is 16.7 Å². The summed E-state index contributed by atoms with van der Waals surface area (Å²) in [5.41, 5.74) is 1.43. The Bertz CT molecular complexity index is 874. The van der Waals surface area contributed by atoms with Crippen LogP contribution in [0, 0.1) is 5.82 Å². The lowest BCUT2D eigenvalue weighted by Gasteiger charge is -2.16. The van der Waals surface area contributed by atoms with E-state index >= 15 is 0 Å². The third-order valence-corrected chi connectivity index (χ3v) is 4.07. The molecule has 0 aromatic heterocycles. The van der Waals surface area contributed by atoms with Gasteiger partial charge in [0, 0.05) is 10.9 Å². The number of carbonyl (C=O) groups is 1. The van der Waals surface area contributed by atoms with Gasteiger partial charge in [0.25, 0.3) is 5.91 Å². The predicted molar refractivity (Wildman–Crippen MR) is 92.8 cm³/mol. The summed E-state index contributed by atoms with van der Waals surface area (Å²) in [5.74, 6) is 0.262. The highest BCUT2D eigenvalue weighted by molar-refractivity contribution is 6.08. The van der Waals surface area contributed by atoms with Crippen LogP contribution in [0.1, 0.15) is 28.9 Å². The van der Waals surface area contributed by atoms with Crippen LogP contribution >= 0.6 is 0 Å². The molecule has 3 aromatic rings. The monoisotopic (exact) mass is 323 g/mol. The molecule has 0 radical (unpaired) electrons. The smallest absolute Gasteiger partial charge is 0.252 e. The fourth-order valence-electron chi connectivity index (χ4n) is 2.76. The van der Waals surface area contributed by atoms with Crippen LogP contribution < -0.4 is 10.1 Å². The lowest BCUT2D eigenvalue weighted by molar-refractivity contribution is 0.0941. The van der Waals surface area contributed by atoms with Crippen molar-refractivity contribution in [3.8, 4) is 5.75 Å². The van der Waals surface area contributed by atoms with Crippen molar-refractivity contribution < 1.29 is 13.9 Å². The topological polar surface area (TPSA) is 38.3 Å². The largest absolute Gasteiger partial charge is 0.496 e. The number of carbonyl (C=O) groups excluding carboxylic acids is 1. The van der Waals surface area contributed by atoms with E-state index in [1.54, 1.807) is 31.4 Å².